The van der Waals surface area contributed by atoms with E-state index in [0.29, 0.717) is 4.34 Å². The molecule has 9 nitrogen and oxygen atoms in total. The molecule has 0 bridgehead atoms. The van der Waals surface area contributed by atoms with Gasteiger partial charge in [-0.1, -0.05) is 53.2 Å². The van der Waals surface area contributed by atoms with Crippen LogP contribution in [-0.2, 0) is 24.3 Å². The monoisotopic (exact) mass is 512 g/mol. The van der Waals surface area contributed by atoms with Gasteiger partial charge in [0, 0.05) is 5.02 Å². The number of halogens is 2. The molecule has 0 saturated carbocycles. The molecule has 2 rings (SSSR count). The highest BCUT2D eigenvalue weighted by molar-refractivity contribution is 8.01. The number of carbonyl (C=O) groups is 2. The minimum Gasteiger partial charge on any atom is -0.468 e. The number of amides is 1. The van der Waals surface area contributed by atoms with Crippen molar-refractivity contribution in [2.24, 2.45) is 0 Å². The zero-order valence-electron chi connectivity index (χ0n) is 16.1. The van der Waals surface area contributed by atoms with Crippen molar-refractivity contribution in [3.8, 4) is 0 Å². The molecule has 0 radical (unpaired) electrons. The Labute approximate surface area is 192 Å². The van der Waals surface area contributed by atoms with Crippen LogP contribution in [0.3, 0.4) is 0 Å². The lowest BCUT2D eigenvalue weighted by atomic mass is 10.2. The topological polar surface area (TPSA) is 119 Å². The largest absolute Gasteiger partial charge is 0.468 e. The molecule has 1 atom stereocenters. The van der Waals surface area contributed by atoms with E-state index in [1.165, 1.54) is 25.3 Å². The van der Waals surface area contributed by atoms with Crippen molar-refractivity contribution >= 4 is 79.0 Å². The molecule has 0 aliphatic rings. The Morgan fingerprint density at radius 2 is 2.03 bits per heavy atom. The van der Waals surface area contributed by atoms with Crippen LogP contribution in [0.4, 0.5) is 10.8 Å². The van der Waals surface area contributed by atoms with Crippen LogP contribution < -0.4 is 9.62 Å². The summed E-state index contributed by atoms with van der Waals surface area (Å²) in [5.74, 6) is -0.986. The van der Waals surface area contributed by atoms with Crippen LogP contribution in [0.5, 0.6) is 0 Å². The highest BCUT2D eigenvalue weighted by Crippen LogP contribution is 2.33. The van der Waals surface area contributed by atoms with Crippen molar-refractivity contribution in [3.63, 3.8) is 0 Å². The zero-order chi connectivity index (χ0) is 22.5. The van der Waals surface area contributed by atoms with E-state index in [4.69, 9.17) is 23.2 Å². The molecule has 0 fully saturated rings. The van der Waals surface area contributed by atoms with Crippen LogP contribution >= 0.6 is 46.3 Å². The molecule has 30 heavy (non-hydrogen) atoms. The SMILES string of the molecule is CC[C@H](C(=O)Nc1nnc(SCC(=O)OC)s1)N(c1cc(Cl)ccc1Cl)S(C)(=O)=O. The van der Waals surface area contributed by atoms with Gasteiger partial charge in [0.2, 0.25) is 21.1 Å². The summed E-state index contributed by atoms with van der Waals surface area (Å²) in [6, 6.07) is 3.25. The molecule has 1 N–H and O–H groups in total. The van der Waals surface area contributed by atoms with E-state index in [-0.39, 0.29) is 33.0 Å². The third-order valence-electron chi connectivity index (χ3n) is 3.65. The number of esters is 1. The molecule has 0 aliphatic carbocycles. The summed E-state index contributed by atoms with van der Waals surface area (Å²) < 4.78 is 30.9. The first kappa shape index (κ1) is 24.7. The second-order valence-corrected chi connectivity index (χ2v) is 10.7. The number of carbonyl (C=O) groups excluding carboxylic acids is 2. The van der Waals surface area contributed by atoms with Gasteiger partial charge in [0.15, 0.2) is 4.34 Å². The molecule has 1 aromatic carbocycles. The van der Waals surface area contributed by atoms with Gasteiger partial charge in [0.1, 0.15) is 6.04 Å². The third-order valence-corrected chi connectivity index (χ3v) is 7.32. The maximum absolute atomic E-state index is 12.9. The molecule has 0 saturated heterocycles. The van der Waals surface area contributed by atoms with E-state index in [9.17, 15) is 18.0 Å². The summed E-state index contributed by atoms with van der Waals surface area (Å²) in [4.78, 5) is 24.1. The predicted octanol–water partition coefficient (Wildman–Crippen LogP) is 3.29. The molecule has 1 heterocycles. The number of hydrogen-bond donors (Lipinski definition) is 1. The molecular formula is C16H18Cl2N4O5S3. The van der Waals surface area contributed by atoms with E-state index in [1.807, 2.05) is 0 Å². The Morgan fingerprint density at radius 3 is 2.63 bits per heavy atom. The van der Waals surface area contributed by atoms with E-state index >= 15 is 0 Å². The Balaban J connectivity index is 2.26. The maximum atomic E-state index is 12.9. The highest BCUT2D eigenvalue weighted by Gasteiger charge is 2.33. The first-order valence-electron chi connectivity index (χ1n) is 8.35. The number of nitrogens with one attached hydrogen (secondary N) is 1. The van der Waals surface area contributed by atoms with Gasteiger partial charge >= 0.3 is 5.97 Å². The van der Waals surface area contributed by atoms with E-state index in [2.05, 4.69) is 20.3 Å². The number of benzene rings is 1. The molecule has 1 aromatic heterocycles. The van der Waals surface area contributed by atoms with Gasteiger partial charge in [-0.2, -0.15) is 0 Å². The van der Waals surface area contributed by atoms with Crippen molar-refractivity contribution in [2.45, 2.75) is 23.7 Å². The summed E-state index contributed by atoms with van der Waals surface area (Å²) >= 11 is 14.3. The lowest BCUT2D eigenvalue weighted by Gasteiger charge is -2.30. The summed E-state index contributed by atoms with van der Waals surface area (Å²) in [6.45, 7) is 1.67. The fourth-order valence-electron chi connectivity index (χ4n) is 2.38. The van der Waals surface area contributed by atoms with Crippen molar-refractivity contribution in [1.82, 2.24) is 10.2 Å². The molecular weight excluding hydrogens is 495 g/mol. The Bertz CT molecular complexity index is 1030. The Hall–Kier alpha value is -1.60. The maximum Gasteiger partial charge on any atom is 0.316 e. The lowest BCUT2D eigenvalue weighted by molar-refractivity contribution is -0.137. The number of anilines is 2. The highest BCUT2D eigenvalue weighted by atomic mass is 35.5. The summed E-state index contributed by atoms with van der Waals surface area (Å²) in [5.41, 5.74) is 0.0975. The predicted molar refractivity (Wildman–Crippen MR) is 119 cm³/mol. The van der Waals surface area contributed by atoms with Crippen LogP contribution in [0.1, 0.15) is 13.3 Å². The average molecular weight is 513 g/mol. The molecule has 14 heteroatoms. The van der Waals surface area contributed by atoms with Crippen molar-refractivity contribution in [3.05, 3.63) is 28.2 Å². The van der Waals surface area contributed by atoms with Crippen LogP contribution in [-0.4, -0.2) is 55.7 Å². The molecule has 1 amide bonds. The molecule has 0 aliphatic heterocycles. The lowest BCUT2D eigenvalue weighted by Crippen LogP contribution is -2.47. The standard InChI is InChI=1S/C16H18Cl2N4O5S3/c1-4-11(22(30(3,25)26)12-7-9(17)5-6-10(12)18)14(24)19-15-20-21-16(29-15)28-8-13(23)27-2/h5-7,11H,4,8H2,1-3H3,(H,19,20,24)/t11-/m1/s1. The second-order valence-electron chi connectivity index (χ2n) is 5.81. The van der Waals surface area contributed by atoms with Crippen molar-refractivity contribution in [2.75, 3.05) is 28.7 Å². The number of sulfonamides is 1. The van der Waals surface area contributed by atoms with E-state index in [1.54, 1.807) is 6.92 Å². The minimum atomic E-state index is -3.88. The summed E-state index contributed by atoms with van der Waals surface area (Å²) in [6.07, 6.45) is 1.14. The zero-order valence-corrected chi connectivity index (χ0v) is 20.0. The number of rotatable bonds is 9. The number of methoxy groups -OCH3 is 1. The van der Waals surface area contributed by atoms with Crippen LogP contribution in [0, 0.1) is 0 Å². The summed E-state index contributed by atoms with van der Waals surface area (Å²) in [7, 11) is -2.60. The first-order valence-corrected chi connectivity index (χ1v) is 12.8. The number of thioether (sulfide) groups is 1. The van der Waals surface area contributed by atoms with Crippen LogP contribution in [0.15, 0.2) is 22.5 Å². The van der Waals surface area contributed by atoms with Gasteiger partial charge in [-0.05, 0) is 24.6 Å². The molecule has 0 spiro atoms. The second kappa shape index (κ2) is 10.6. The number of hydrogen-bond acceptors (Lipinski definition) is 9. The fourth-order valence-corrected chi connectivity index (χ4v) is 5.60. The molecule has 0 unspecified atom stereocenters. The number of aromatic nitrogens is 2. The smallest absolute Gasteiger partial charge is 0.316 e. The van der Waals surface area contributed by atoms with E-state index in [0.717, 1.165) is 33.7 Å². The average Bonchev–Trinajstić information content (AvgIpc) is 3.12. The first-order chi connectivity index (χ1) is 14.1. The Kier molecular flexibility index (Phi) is 8.73. The van der Waals surface area contributed by atoms with Gasteiger partial charge in [0.05, 0.1) is 29.8 Å². The van der Waals surface area contributed by atoms with Gasteiger partial charge in [-0.15, -0.1) is 10.2 Å². The van der Waals surface area contributed by atoms with Gasteiger partial charge in [-0.25, -0.2) is 8.42 Å². The molecule has 2 aromatic rings. The number of ether oxygens (including phenoxy) is 1. The van der Waals surface area contributed by atoms with Crippen molar-refractivity contribution < 1.29 is 22.7 Å². The van der Waals surface area contributed by atoms with Gasteiger partial charge < -0.3 is 4.74 Å². The third kappa shape index (κ3) is 6.45. The number of nitrogens with zero attached hydrogens (tertiary/aromatic N) is 3. The normalized spacial score (nSPS) is 12.3. The van der Waals surface area contributed by atoms with Crippen LogP contribution in [0.25, 0.3) is 0 Å². The van der Waals surface area contributed by atoms with Gasteiger partial charge in [0.25, 0.3) is 0 Å². The van der Waals surface area contributed by atoms with E-state index < -0.39 is 27.9 Å². The van der Waals surface area contributed by atoms with Crippen LogP contribution in [0.2, 0.25) is 10.0 Å². The molecule has 164 valence electrons. The minimum absolute atomic E-state index is 0.0474. The van der Waals surface area contributed by atoms with Crippen molar-refractivity contribution in [1.29, 1.82) is 0 Å². The summed E-state index contributed by atoms with van der Waals surface area (Å²) in [5, 5.41) is 10.9. The Morgan fingerprint density at radius 1 is 1.33 bits per heavy atom. The fraction of sp³-hybridized carbons (Fsp3) is 0.375. The quantitative estimate of drug-likeness (QED) is 0.308. The van der Waals surface area contributed by atoms with Gasteiger partial charge in [-0.3, -0.25) is 19.2 Å².